The predicted molar refractivity (Wildman–Crippen MR) is 131 cm³/mol. The van der Waals surface area contributed by atoms with Crippen molar-refractivity contribution >= 4 is 0 Å². The van der Waals surface area contributed by atoms with E-state index < -0.39 is 136 Å². The second-order valence-electron chi connectivity index (χ2n) is 11.1. The van der Waals surface area contributed by atoms with Gasteiger partial charge in [0.1, 0.15) is 85.5 Å². The number of ether oxygens (including phenoxy) is 7. The van der Waals surface area contributed by atoms with Crippen LogP contribution in [-0.2, 0) is 33.2 Å². The minimum absolute atomic E-state index is 0.717. The lowest BCUT2D eigenvalue weighted by Crippen LogP contribution is -2.66. The summed E-state index contributed by atoms with van der Waals surface area (Å²) in [6.45, 7) is 1.37. The lowest BCUT2D eigenvalue weighted by molar-refractivity contribution is -0.383. The molecule has 4 heterocycles. The first kappa shape index (κ1) is 35.1. The SMILES string of the molecule is C[C@@H]1O[C@@H](O[C@H]2[C@H](O)[C@@H](CO)OC(O)[C@@H]2O)[C@@H](O)[C@H](O)[C@@H]1O[C@@H]1O[C@@H](C)[C@@H](O[C@@H]2O[C@H](CO)[C@H](O)[C@H](O)[C@H]2O)[C@@H](O)[C@@H]1O. The molecule has 19 heteroatoms. The molecule has 0 radical (unpaired) electrons. The second kappa shape index (κ2) is 14.3. The topological polar surface area (TPSA) is 307 Å². The molecule has 0 spiro atoms. The maximum absolute atomic E-state index is 10.8. The van der Waals surface area contributed by atoms with Crippen LogP contribution in [0.5, 0.6) is 0 Å². The Kier molecular flexibility index (Phi) is 11.7. The normalized spacial score (nSPS) is 54.8. The number of aliphatic hydroxyl groups is 12. The standard InChI is InChI=1S/C24H42O19/c1-5-18(13(31)16(34)23(38-5)43-20-10(28)8(4-26)39-21(36)17(20)35)41-22-15(33)12(30)19(6(2)37-22)42-24-14(32)11(29)9(27)7(3-25)40-24/h5-36H,3-4H2,1-2H3/t5-,6-,7+,8+,9-,10+,11-,12-,13-,14+,15-,16-,17+,18+,19+,20-,21?,22-,23-,24-/m0/s1. The molecule has 4 saturated heterocycles. The molecule has 0 saturated carbocycles. The lowest BCUT2D eigenvalue weighted by Gasteiger charge is -2.48. The average Bonchev–Trinajstić information content (AvgIpc) is 2.98. The Labute approximate surface area is 244 Å². The summed E-state index contributed by atoms with van der Waals surface area (Å²) < 4.78 is 38.1. The molecule has 19 nitrogen and oxygen atoms in total. The molecule has 12 N–H and O–H groups in total. The predicted octanol–water partition coefficient (Wildman–Crippen LogP) is -7.69. The first-order valence-electron chi connectivity index (χ1n) is 13.8. The molecule has 20 atom stereocenters. The van der Waals surface area contributed by atoms with Crippen LogP contribution in [0.3, 0.4) is 0 Å². The van der Waals surface area contributed by atoms with Crippen LogP contribution in [0, 0.1) is 0 Å². The fourth-order valence-electron chi connectivity index (χ4n) is 5.48. The zero-order valence-corrected chi connectivity index (χ0v) is 23.2. The summed E-state index contributed by atoms with van der Waals surface area (Å²) in [4.78, 5) is 0. The van der Waals surface area contributed by atoms with E-state index in [9.17, 15) is 61.3 Å². The van der Waals surface area contributed by atoms with Crippen LogP contribution in [0.4, 0.5) is 0 Å². The number of hydrogen-bond acceptors (Lipinski definition) is 19. The van der Waals surface area contributed by atoms with Crippen molar-refractivity contribution in [3.63, 3.8) is 0 Å². The molecule has 0 aliphatic carbocycles. The van der Waals surface area contributed by atoms with Crippen molar-refractivity contribution in [2.75, 3.05) is 13.2 Å². The van der Waals surface area contributed by atoms with Gasteiger partial charge in [-0.15, -0.1) is 0 Å². The highest BCUT2D eigenvalue weighted by atomic mass is 16.8. The summed E-state index contributed by atoms with van der Waals surface area (Å²) in [6, 6.07) is 0. The summed E-state index contributed by atoms with van der Waals surface area (Å²) in [7, 11) is 0. The fraction of sp³-hybridized carbons (Fsp3) is 1.00. The molecule has 4 aliphatic rings. The summed E-state index contributed by atoms with van der Waals surface area (Å²) in [6.07, 6.45) is -31.7. The van der Waals surface area contributed by atoms with E-state index in [1.807, 2.05) is 0 Å². The number of hydrogen-bond donors (Lipinski definition) is 12. The Morgan fingerprint density at radius 1 is 0.419 bits per heavy atom. The maximum atomic E-state index is 10.8. The first-order chi connectivity index (χ1) is 20.2. The summed E-state index contributed by atoms with van der Waals surface area (Å²) >= 11 is 0. The quantitative estimate of drug-likeness (QED) is 0.118. The van der Waals surface area contributed by atoms with Crippen molar-refractivity contribution in [1.29, 1.82) is 0 Å². The van der Waals surface area contributed by atoms with Gasteiger partial charge in [0.25, 0.3) is 0 Å². The maximum Gasteiger partial charge on any atom is 0.187 e. The van der Waals surface area contributed by atoms with Crippen LogP contribution in [-0.4, -0.2) is 197 Å². The molecule has 0 amide bonds. The number of aliphatic hydroxyl groups excluding tert-OH is 12. The van der Waals surface area contributed by atoms with Crippen molar-refractivity contribution in [2.24, 2.45) is 0 Å². The van der Waals surface area contributed by atoms with Gasteiger partial charge in [0.05, 0.1) is 25.4 Å². The highest BCUT2D eigenvalue weighted by Crippen LogP contribution is 2.33. The van der Waals surface area contributed by atoms with Crippen molar-refractivity contribution in [1.82, 2.24) is 0 Å². The van der Waals surface area contributed by atoms with E-state index >= 15 is 0 Å². The van der Waals surface area contributed by atoms with E-state index in [0.717, 1.165) is 0 Å². The zero-order chi connectivity index (χ0) is 31.9. The largest absolute Gasteiger partial charge is 0.394 e. The lowest BCUT2D eigenvalue weighted by atomic mass is 9.96. The van der Waals surface area contributed by atoms with Gasteiger partial charge in [-0.05, 0) is 13.8 Å². The van der Waals surface area contributed by atoms with Gasteiger partial charge >= 0.3 is 0 Å². The Morgan fingerprint density at radius 3 is 1.28 bits per heavy atom. The number of rotatable bonds is 8. The highest BCUT2D eigenvalue weighted by Gasteiger charge is 2.54. The van der Waals surface area contributed by atoms with Crippen molar-refractivity contribution < 1.29 is 94.4 Å². The van der Waals surface area contributed by atoms with Gasteiger partial charge in [0, 0.05) is 0 Å². The zero-order valence-electron chi connectivity index (χ0n) is 23.2. The van der Waals surface area contributed by atoms with E-state index in [2.05, 4.69) is 0 Å². The Morgan fingerprint density at radius 2 is 0.814 bits per heavy atom. The van der Waals surface area contributed by atoms with Gasteiger partial charge in [-0.1, -0.05) is 0 Å². The van der Waals surface area contributed by atoms with Gasteiger partial charge in [-0.2, -0.15) is 0 Å². The molecular weight excluding hydrogens is 592 g/mol. The molecule has 252 valence electrons. The molecular formula is C24H42O19. The van der Waals surface area contributed by atoms with Crippen LogP contribution in [0.2, 0.25) is 0 Å². The third-order valence-corrected chi connectivity index (χ3v) is 8.12. The van der Waals surface area contributed by atoms with Crippen molar-refractivity contribution in [3.05, 3.63) is 0 Å². The Bertz CT molecular complexity index is 884. The molecule has 0 aromatic heterocycles. The van der Waals surface area contributed by atoms with Gasteiger partial charge in [0.2, 0.25) is 0 Å². The minimum atomic E-state index is -1.86. The van der Waals surface area contributed by atoms with Crippen LogP contribution in [0.1, 0.15) is 13.8 Å². The van der Waals surface area contributed by atoms with Gasteiger partial charge in [-0.3, -0.25) is 0 Å². The van der Waals surface area contributed by atoms with E-state index in [1.54, 1.807) is 0 Å². The molecule has 0 bridgehead atoms. The average molecular weight is 635 g/mol. The van der Waals surface area contributed by atoms with Crippen LogP contribution in [0.25, 0.3) is 0 Å². The summed E-state index contributed by atoms with van der Waals surface area (Å²) in [5.41, 5.74) is 0. The third-order valence-electron chi connectivity index (χ3n) is 8.12. The second-order valence-corrected chi connectivity index (χ2v) is 11.1. The first-order valence-corrected chi connectivity index (χ1v) is 13.8. The smallest absolute Gasteiger partial charge is 0.187 e. The molecule has 4 fully saturated rings. The fourth-order valence-corrected chi connectivity index (χ4v) is 5.48. The van der Waals surface area contributed by atoms with Crippen molar-refractivity contribution in [3.8, 4) is 0 Å². The molecule has 4 rings (SSSR count). The van der Waals surface area contributed by atoms with E-state index in [0.29, 0.717) is 0 Å². The van der Waals surface area contributed by atoms with Crippen LogP contribution < -0.4 is 0 Å². The molecule has 43 heavy (non-hydrogen) atoms. The van der Waals surface area contributed by atoms with Gasteiger partial charge in [0.15, 0.2) is 25.2 Å². The Balaban J connectivity index is 1.38. The monoisotopic (exact) mass is 634 g/mol. The van der Waals surface area contributed by atoms with Crippen molar-refractivity contribution in [2.45, 2.75) is 137 Å². The highest BCUT2D eigenvalue weighted by molar-refractivity contribution is 4.96. The minimum Gasteiger partial charge on any atom is -0.394 e. The Hall–Kier alpha value is -0.760. The van der Waals surface area contributed by atoms with Crippen LogP contribution in [0.15, 0.2) is 0 Å². The third kappa shape index (κ3) is 7.00. The van der Waals surface area contributed by atoms with Gasteiger partial charge in [-0.25, -0.2) is 0 Å². The molecule has 0 aromatic rings. The van der Waals surface area contributed by atoms with Crippen LogP contribution >= 0.6 is 0 Å². The molecule has 4 aliphatic heterocycles. The van der Waals surface area contributed by atoms with Gasteiger partial charge < -0.3 is 94.4 Å². The summed E-state index contributed by atoms with van der Waals surface area (Å²) in [5.74, 6) is 0. The molecule has 1 unspecified atom stereocenters. The molecule has 0 aromatic carbocycles. The summed E-state index contributed by atoms with van der Waals surface area (Å²) in [5, 5.41) is 122. The van der Waals surface area contributed by atoms with E-state index in [-0.39, 0.29) is 0 Å². The van der Waals surface area contributed by atoms with E-state index in [4.69, 9.17) is 33.2 Å². The van der Waals surface area contributed by atoms with E-state index in [1.165, 1.54) is 13.8 Å².